The van der Waals surface area contributed by atoms with Crippen molar-refractivity contribution >= 4 is 6.09 Å². The molecule has 30 heavy (non-hydrogen) atoms. The van der Waals surface area contributed by atoms with Crippen molar-refractivity contribution in [3.63, 3.8) is 0 Å². The summed E-state index contributed by atoms with van der Waals surface area (Å²) in [6.07, 6.45) is 4.36. The number of halogens is 2. The van der Waals surface area contributed by atoms with Crippen LogP contribution < -0.4 is 0 Å². The number of carbonyl (C=O) groups is 1. The number of rotatable bonds is 2. The fourth-order valence-corrected chi connectivity index (χ4v) is 4.53. The van der Waals surface area contributed by atoms with Crippen molar-refractivity contribution in [1.29, 1.82) is 0 Å². The zero-order valence-electron chi connectivity index (χ0n) is 17.2. The lowest BCUT2D eigenvalue weighted by molar-refractivity contribution is -0.0288. The lowest BCUT2D eigenvalue weighted by atomic mass is 9.73. The van der Waals surface area contributed by atoms with Gasteiger partial charge in [0.15, 0.2) is 0 Å². The molecule has 0 atom stereocenters. The van der Waals surface area contributed by atoms with Gasteiger partial charge in [-0.3, -0.25) is 0 Å². The van der Waals surface area contributed by atoms with E-state index in [9.17, 15) is 13.6 Å². The Morgan fingerprint density at radius 1 is 0.900 bits per heavy atom. The summed E-state index contributed by atoms with van der Waals surface area (Å²) in [5, 5.41) is 0. The molecule has 0 spiro atoms. The van der Waals surface area contributed by atoms with Crippen LogP contribution in [0.3, 0.4) is 0 Å². The molecule has 3 saturated heterocycles. The maximum absolute atomic E-state index is 12.4. The van der Waals surface area contributed by atoms with Crippen LogP contribution in [0.4, 0.5) is 13.6 Å². The quantitative estimate of drug-likeness (QED) is 0.718. The largest absolute Gasteiger partial charge is 0.449 e. The van der Waals surface area contributed by atoms with E-state index in [0.29, 0.717) is 13.2 Å². The number of amides is 1. The molecule has 3 fully saturated rings. The molecule has 0 radical (unpaired) electrons. The van der Waals surface area contributed by atoms with Crippen molar-refractivity contribution in [2.24, 2.45) is 5.41 Å². The zero-order chi connectivity index (χ0) is 21.0. The molecule has 6 heteroatoms. The summed E-state index contributed by atoms with van der Waals surface area (Å²) in [6, 6.07) is 12.9. The van der Waals surface area contributed by atoms with Gasteiger partial charge in [0, 0.05) is 24.6 Å². The SMILES string of the molecule is Fc1cccc(F)c1.O=C(OCC12CCN(CC1)CC2)N1CCc2ccccc2C1. The topological polar surface area (TPSA) is 32.8 Å². The number of piperidine rings is 3. The van der Waals surface area contributed by atoms with Gasteiger partial charge >= 0.3 is 6.09 Å². The van der Waals surface area contributed by atoms with Crippen molar-refractivity contribution in [2.45, 2.75) is 32.2 Å². The predicted octanol–water partition coefficient (Wildman–Crippen LogP) is 4.63. The van der Waals surface area contributed by atoms with Crippen molar-refractivity contribution in [3.05, 3.63) is 71.3 Å². The lowest BCUT2D eigenvalue weighted by Crippen LogP contribution is -2.50. The average molecular weight is 414 g/mol. The molecule has 6 rings (SSSR count). The summed E-state index contributed by atoms with van der Waals surface area (Å²) in [5.41, 5.74) is 2.89. The second-order valence-electron chi connectivity index (χ2n) is 8.53. The van der Waals surface area contributed by atoms with Gasteiger partial charge in [-0.05, 0) is 68.6 Å². The molecule has 0 unspecified atom stereocenters. The fraction of sp³-hybridized carbons (Fsp3) is 0.458. The summed E-state index contributed by atoms with van der Waals surface area (Å²) in [6.45, 7) is 5.60. The van der Waals surface area contributed by atoms with Crippen LogP contribution in [0.15, 0.2) is 48.5 Å². The number of nitrogens with zero attached hydrogens (tertiary/aromatic N) is 2. The molecule has 2 aromatic rings. The second-order valence-corrected chi connectivity index (χ2v) is 8.53. The Morgan fingerprint density at radius 3 is 2.13 bits per heavy atom. The first-order valence-electron chi connectivity index (χ1n) is 10.6. The summed E-state index contributed by atoms with van der Waals surface area (Å²) in [7, 11) is 0. The van der Waals surface area contributed by atoms with Crippen molar-refractivity contribution in [1.82, 2.24) is 9.80 Å². The monoisotopic (exact) mass is 414 g/mol. The highest BCUT2D eigenvalue weighted by atomic mass is 19.1. The molecule has 0 saturated carbocycles. The van der Waals surface area contributed by atoms with E-state index in [-0.39, 0.29) is 11.5 Å². The highest BCUT2D eigenvalue weighted by Crippen LogP contribution is 2.40. The standard InChI is InChI=1S/C18H24N2O2.C6H4F2/c21-17(20-9-5-15-3-1-2-4-16(15)13-20)22-14-18-6-10-19(11-7-18)12-8-18;7-5-2-1-3-6(8)4-5/h1-4H,5-14H2;1-4H. The van der Waals surface area contributed by atoms with Crippen LogP contribution in [-0.2, 0) is 17.7 Å². The van der Waals surface area contributed by atoms with Gasteiger partial charge in [0.2, 0.25) is 0 Å². The zero-order valence-corrected chi connectivity index (χ0v) is 17.2. The second kappa shape index (κ2) is 9.13. The van der Waals surface area contributed by atoms with Crippen LogP contribution in [0.25, 0.3) is 0 Å². The van der Waals surface area contributed by atoms with E-state index in [1.54, 1.807) is 0 Å². The number of hydrogen-bond acceptors (Lipinski definition) is 3. The molecule has 1 amide bonds. The van der Waals surface area contributed by atoms with Crippen molar-refractivity contribution in [3.8, 4) is 0 Å². The summed E-state index contributed by atoms with van der Waals surface area (Å²) in [5.74, 6) is -1.07. The number of hydrogen-bond donors (Lipinski definition) is 0. The van der Waals surface area contributed by atoms with Crippen LogP contribution >= 0.6 is 0 Å². The molecule has 0 aromatic heterocycles. The van der Waals surface area contributed by atoms with Gasteiger partial charge in [-0.1, -0.05) is 30.3 Å². The maximum Gasteiger partial charge on any atom is 0.410 e. The summed E-state index contributed by atoms with van der Waals surface area (Å²) >= 11 is 0. The Labute approximate surface area is 176 Å². The molecular weight excluding hydrogens is 386 g/mol. The molecule has 2 bridgehead atoms. The van der Waals surface area contributed by atoms with Gasteiger partial charge in [0.1, 0.15) is 11.6 Å². The van der Waals surface area contributed by atoms with Crippen LogP contribution in [0.2, 0.25) is 0 Å². The third-order valence-electron chi connectivity index (χ3n) is 6.55. The third kappa shape index (κ3) is 4.98. The number of benzene rings is 2. The van der Waals surface area contributed by atoms with Gasteiger partial charge in [-0.25, -0.2) is 13.6 Å². The Bertz CT molecular complexity index is 850. The van der Waals surface area contributed by atoms with E-state index in [1.807, 2.05) is 11.0 Å². The van der Waals surface area contributed by atoms with Crippen molar-refractivity contribution < 1.29 is 18.3 Å². The molecule has 4 nitrogen and oxygen atoms in total. The third-order valence-corrected chi connectivity index (χ3v) is 6.55. The molecule has 0 N–H and O–H groups in total. The van der Waals surface area contributed by atoms with E-state index < -0.39 is 11.6 Å². The first kappa shape index (κ1) is 20.8. The van der Waals surface area contributed by atoms with Gasteiger partial charge in [-0.15, -0.1) is 0 Å². The number of fused-ring (bicyclic) bond motifs is 4. The normalized spacial score (nSPS) is 24.5. The van der Waals surface area contributed by atoms with Crippen LogP contribution in [0.1, 0.15) is 30.4 Å². The summed E-state index contributed by atoms with van der Waals surface area (Å²) < 4.78 is 29.6. The van der Waals surface area contributed by atoms with Gasteiger partial charge in [0.25, 0.3) is 0 Å². The minimum Gasteiger partial charge on any atom is -0.449 e. The van der Waals surface area contributed by atoms with Crippen LogP contribution in [-0.4, -0.2) is 48.7 Å². The molecule has 2 aromatic carbocycles. The molecule has 4 aliphatic heterocycles. The smallest absolute Gasteiger partial charge is 0.410 e. The van der Waals surface area contributed by atoms with Crippen molar-refractivity contribution in [2.75, 3.05) is 32.8 Å². The Hall–Kier alpha value is -2.47. The predicted molar refractivity (Wildman–Crippen MR) is 111 cm³/mol. The van der Waals surface area contributed by atoms with Crippen LogP contribution in [0.5, 0.6) is 0 Å². The van der Waals surface area contributed by atoms with E-state index >= 15 is 0 Å². The molecular formula is C24H28F2N2O2. The molecule has 0 aliphatic carbocycles. The van der Waals surface area contributed by atoms with Crippen LogP contribution in [0, 0.1) is 17.0 Å². The molecule has 4 aliphatic rings. The summed E-state index contributed by atoms with van der Waals surface area (Å²) in [4.78, 5) is 16.8. The Kier molecular flexibility index (Phi) is 6.32. The lowest BCUT2D eigenvalue weighted by Gasteiger charge is -2.48. The Balaban J connectivity index is 0.000000230. The molecule has 4 heterocycles. The van der Waals surface area contributed by atoms with E-state index in [4.69, 9.17) is 4.74 Å². The first-order valence-corrected chi connectivity index (χ1v) is 10.6. The highest BCUT2D eigenvalue weighted by molar-refractivity contribution is 5.68. The van der Waals surface area contributed by atoms with E-state index in [1.165, 1.54) is 68.2 Å². The molecule has 160 valence electrons. The minimum absolute atomic E-state index is 0.128. The van der Waals surface area contributed by atoms with Gasteiger partial charge in [0.05, 0.1) is 6.61 Å². The minimum atomic E-state index is -0.537. The van der Waals surface area contributed by atoms with E-state index in [2.05, 4.69) is 23.1 Å². The fourth-order valence-electron chi connectivity index (χ4n) is 4.53. The van der Waals surface area contributed by atoms with Gasteiger partial charge in [-0.2, -0.15) is 0 Å². The number of carbonyl (C=O) groups excluding carboxylic acids is 1. The van der Waals surface area contributed by atoms with E-state index in [0.717, 1.165) is 19.0 Å². The average Bonchev–Trinajstić information content (AvgIpc) is 2.79. The Morgan fingerprint density at radius 2 is 1.53 bits per heavy atom. The highest BCUT2D eigenvalue weighted by Gasteiger charge is 2.40. The number of ether oxygens (including phenoxy) is 1. The first-order chi connectivity index (χ1) is 14.5. The maximum atomic E-state index is 12.4. The van der Waals surface area contributed by atoms with Gasteiger partial charge < -0.3 is 14.5 Å².